The lowest BCUT2D eigenvalue weighted by Crippen LogP contribution is -2.45. The lowest BCUT2D eigenvalue weighted by molar-refractivity contribution is -0.137. The van der Waals surface area contributed by atoms with E-state index < -0.39 is 18.5 Å². The van der Waals surface area contributed by atoms with Crippen LogP contribution in [-0.2, 0) is 14.3 Å². The van der Waals surface area contributed by atoms with Crippen LogP contribution in [0.3, 0.4) is 0 Å². The van der Waals surface area contributed by atoms with Crippen LogP contribution < -0.4 is 5.73 Å². The maximum Gasteiger partial charge on any atom is 0.340 e. The van der Waals surface area contributed by atoms with Gasteiger partial charge in [0.2, 0.25) is 5.91 Å². The summed E-state index contributed by atoms with van der Waals surface area (Å²) >= 11 is 11.7. The number of piperidine rings is 1. The Hall–Kier alpha value is -1.79. The quantitative estimate of drug-likeness (QED) is 0.832. The Labute approximate surface area is 143 Å². The summed E-state index contributed by atoms with van der Waals surface area (Å²) in [6.07, 6.45) is 1.36. The van der Waals surface area contributed by atoms with Crippen LogP contribution in [0.4, 0.5) is 0 Å². The van der Waals surface area contributed by atoms with Gasteiger partial charge in [-0.15, -0.1) is 0 Å². The molecule has 0 saturated carbocycles. The predicted molar refractivity (Wildman–Crippen MR) is 85.2 cm³/mol. The Balaban J connectivity index is 1.91. The van der Waals surface area contributed by atoms with Gasteiger partial charge in [-0.05, 0) is 31.0 Å². The van der Waals surface area contributed by atoms with Gasteiger partial charge in [0.05, 0.1) is 16.5 Å². The van der Waals surface area contributed by atoms with E-state index in [9.17, 15) is 14.4 Å². The van der Waals surface area contributed by atoms with Crippen molar-refractivity contribution in [3.63, 3.8) is 0 Å². The summed E-state index contributed by atoms with van der Waals surface area (Å²) < 4.78 is 4.99. The summed E-state index contributed by atoms with van der Waals surface area (Å²) in [5.41, 5.74) is 5.41. The SMILES string of the molecule is NC(=O)[C@H]1CCCN(C(=O)COC(=O)c2ccc(Cl)cc2Cl)C1. The zero-order valence-corrected chi connectivity index (χ0v) is 13.8. The molecule has 1 atom stereocenters. The number of carbonyl (C=O) groups excluding carboxylic acids is 3. The number of hydrogen-bond acceptors (Lipinski definition) is 4. The third kappa shape index (κ3) is 4.59. The lowest BCUT2D eigenvalue weighted by Gasteiger charge is -2.31. The second-order valence-electron chi connectivity index (χ2n) is 5.28. The highest BCUT2D eigenvalue weighted by Gasteiger charge is 2.27. The summed E-state index contributed by atoms with van der Waals surface area (Å²) in [6, 6.07) is 4.36. The molecule has 1 aromatic carbocycles. The van der Waals surface area contributed by atoms with Crippen molar-refractivity contribution in [2.24, 2.45) is 11.7 Å². The summed E-state index contributed by atoms with van der Waals surface area (Å²) in [5.74, 6) is -1.85. The maximum atomic E-state index is 12.1. The van der Waals surface area contributed by atoms with Crippen LogP contribution in [0, 0.1) is 5.92 Å². The molecular weight excluding hydrogens is 343 g/mol. The fraction of sp³-hybridized carbons (Fsp3) is 0.400. The van der Waals surface area contributed by atoms with Gasteiger partial charge in [-0.3, -0.25) is 9.59 Å². The average molecular weight is 359 g/mol. The molecule has 0 aromatic heterocycles. The molecule has 1 heterocycles. The molecule has 8 heteroatoms. The zero-order valence-electron chi connectivity index (χ0n) is 12.3. The van der Waals surface area contributed by atoms with Crippen molar-refractivity contribution in [3.05, 3.63) is 33.8 Å². The van der Waals surface area contributed by atoms with Gasteiger partial charge in [-0.25, -0.2) is 4.79 Å². The van der Waals surface area contributed by atoms with E-state index in [-0.39, 0.29) is 29.0 Å². The molecule has 0 radical (unpaired) electrons. The van der Waals surface area contributed by atoms with Crippen molar-refractivity contribution < 1.29 is 19.1 Å². The van der Waals surface area contributed by atoms with Gasteiger partial charge in [0, 0.05) is 18.1 Å². The molecule has 0 spiro atoms. The molecule has 124 valence electrons. The zero-order chi connectivity index (χ0) is 17.0. The van der Waals surface area contributed by atoms with Crippen molar-refractivity contribution in [2.45, 2.75) is 12.8 Å². The molecule has 0 bridgehead atoms. The standard InChI is InChI=1S/C15H16Cl2N2O4/c16-10-3-4-11(12(17)6-10)15(22)23-8-13(20)19-5-1-2-9(7-19)14(18)21/h3-4,6,9H,1-2,5,7-8H2,(H2,18,21)/t9-/m0/s1. The summed E-state index contributed by atoms with van der Waals surface area (Å²) in [6.45, 7) is 0.360. The molecular formula is C15H16Cl2N2O4. The summed E-state index contributed by atoms with van der Waals surface area (Å²) in [7, 11) is 0. The Kier molecular flexibility index (Phi) is 5.85. The number of ether oxygens (including phenoxy) is 1. The first-order valence-electron chi connectivity index (χ1n) is 7.07. The van der Waals surface area contributed by atoms with E-state index in [2.05, 4.69) is 0 Å². The number of rotatable bonds is 4. The van der Waals surface area contributed by atoms with Crippen LogP contribution >= 0.6 is 23.2 Å². The normalized spacial score (nSPS) is 17.7. The number of primary amides is 1. The van der Waals surface area contributed by atoms with Gasteiger partial charge < -0.3 is 15.4 Å². The van der Waals surface area contributed by atoms with Crippen LogP contribution in [-0.4, -0.2) is 42.4 Å². The number of halogens is 2. The van der Waals surface area contributed by atoms with Gasteiger partial charge in [0.25, 0.3) is 5.91 Å². The minimum Gasteiger partial charge on any atom is -0.452 e. The largest absolute Gasteiger partial charge is 0.452 e. The van der Waals surface area contributed by atoms with Gasteiger partial charge >= 0.3 is 5.97 Å². The van der Waals surface area contributed by atoms with E-state index in [1.54, 1.807) is 0 Å². The first kappa shape index (κ1) is 17.6. The van der Waals surface area contributed by atoms with Crippen LogP contribution in [0.5, 0.6) is 0 Å². The average Bonchev–Trinajstić information content (AvgIpc) is 2.52. The molecule has 1 aromatic rings. The number of benzene rings is 1. The number of carbonyl (C=O) groups is 3. The Morgan fingerprint density at radius 3 is 2.70 bits per heavy atom. The fourth-order valence-corrected chi connectivity index (χ4v) is 2.87. The molecule has 0 unspecified atom stereocenters. The molecule has 6 nitrogen and oxygen atoms in total. The van der Waals surface area contributed by atoms with Gasteiger partial charge in [-0.1, -0.05) is 23.2 Å². The van der Waals surface area contributed by atoms with E-state index >= 15 is 0 Å². The predicted octanol–water partition coefficient (Wildman–Crippen LogP) is 1.87. The van der Waals surface area contributed by atoms with E-state index in [1.165, 1.54) is 23.1 Å². The molecule has 2 amide bonds. The second-order valence-corrected chi connectivity index (χ2v) is 6.13. The van der Waals surface area contributed by atoms with E-state index in [4.69, 9.17) is 33.7 Å². The van der Waals surface area contributed by atoms with Crippen LogP contribution in [0.1, 0.15) is 23.2 Å². The van der Waals surface area contributed by atoms with Crippen molar-refractivity contribution in [1.82, 2.24) is 4.90 Å². The van der Waals surface area contributed by atoms with Gasteiger partial charge in [0.15, 0.2) is 6.61 Å². The Bertz CT molecular complexity index is 636. The van der Waals surface area contributed by atoms with Crippen LogP contribution in [0.2, 0.25) is 10.0 Å². The topological polar surface area (TPSA) is 89.7 Å². The summed E-state index contributed by atoms with van der Waals surface area (Å²) in [5, 5.41) is 0.551. The van der Waals surface area contributed by atoms with Crippen LogP contribution in [0.25, 0.3) is 0 Å². The molecule has 0 aliphatic carbocycles. The van der Waals surface area contributed by atoms with E-state index in [0.717, 1.165) is 0 Å². The Morgan fingerprint density at radius 2 is 2.04 bits per heavy atom. The highest BCUT2D eigenvalue weighted by Crippen LogP contribution is 2.22. The lowest BCUT2D eigenvalue weighted by atomic mass is 9.97. The molecule has 1 aliphatic heterocycles. The molecule has 1 fully saturated rings. The first-order valence-corrected chi connectivity index (χ1v) is 7.83. The third-order valence-electron chi connectivity index (χ3n) is 3.65. The van der Waals surface area contributed by atoms with Crippen molar-refractivity contribution in [1.29, 1.82) is 0 Å². The molecule has 2 N–H and O–H groups in total. The Morgan fingerprint density at radius 1 is 1.30 bits per heavy atom. The first-order chi connectivity index (χ1) is 10.9. The highest BCUT2D eigenvalue weighted by molar-refractivity contribution is 6.36. The minimum absolute atomic E-state index is 0.137. The number of amides is 2. The maximum absolute atomic E-state index is 12.1. The van der Waals surface area contributed by atoms with E-state index in [1.807, 2.05) is 0 Å². The van der Waals surface area contributed by atoms with Crippen molar-refractivity contribution in [3.8, 4) is 0 Å². The monoisotopic (exact) mass is 358 g/mol. The van der Waals surface area contributed by atoms with E-state index in [0.29, 0.717) is 24.4 Å². The minimum atomic E-state index is -0.705. The van der Waals surface area contributed by atoms with Crippen LogP contribution in [0.15, 0.2) is 18.2 Å². The number of esters is 1. The molecule has 1 saturated heterocycles. The second kappa shape index (κ2) is 7.66. The van der Waals surface area contributed by atoms with Crippen molar-refractivity contribution in [2.75, 3.05) is 19.7 Å². The molecule has 2 rings (SSSR count). The number of hydrogen-bond donors (Lipinski definition) is 1. The van der Waals surface area contributed by atoms with Crippen molar-refractivity contribution >= 4 is 41.0 Å². The molecule has 23 heavy (non-hydrogen) atoms. The third-order valence-corrected chi connectivity index (χ3v) is 4.20. The van der Waals surface area contributed by atoms with Gasteiger partial charge in [-0.2, -0.15) is 0 Å². The highest BCUT2D eigenvalue weighted by atomic mass is 35.5. The number of likely N-dealkylation sites (tertiary alicyclic amines) is 1. The molecule has 1 aliphatic rings. The number of nitrogens with two attached hydrogens (primary N) is 1. The fourth-order valence-electron chi connectivity index (χ4n) is 2.39. The smallest absolute Gasteiger partial charge is 0.340 e. The number of nitrogens with zero attached hydrogens (tertiary/aromatic N) is 1. The summed E-state index contributed by atoms with van der Waals surface area (Å²) in [4.78, 5) is 36.7. The van der Waals surface area contributed by atoms with Gasteiger partial charge in [0.1, 0.15) is 0 Å².